The van der Waals surface area contributed by atoms with Crippen LogP contribution in [0.2, 0.25) is 0 Å². The average Bonchev–Trinajstić information content (AvgIpc) is 2.79. The third kappa shape index (κ3) is 4.10. The highest BCUT2D eigenvalue weighted by Crippen LogP contribution is 2.33. The highest BCUT2D eigenvalue weighted by molar-refractivity contribution is 5.56. The first-order valence-electron chi connectivity index (χ1n) is 9.70. The molecule has 0 spiro atoms. The van der Waals surface area contributed by atoms with Crippen LogP contribution in [-0.4, -0.2) is 9.97 Å². The summed E-state index contributed by atoms with van der Waals surface area (Å²) < 4.78 is 0. The van der Waals surface area contributed by atoms with Crippen molar-refractivity contribution in [2.75, 3.05) is 0 Å². The van der Waals surface area contributed by atoms with Crippen molar-refractivity contribution >= 4 is 0 Å². The molecule has 4 rings (SSSR count). The van der Waals surface area contributed by atoms with E-state index in [1.165, 1.54) is 0 Å². The van der Waals surface area contributed by atoms with Gasteiger partial charge in [0.25, 0.3) is 0 Å². The molecule has 0 saturated heterocycles. The highest BCUT2D eigenvalue weighted by atomic mass is 14.8. The monoisotopic (exact) mass is 374 g/mol. The number of benzene rings is 2. The largest absolute Gasteiger partial charge is 0.255 e. The van der Waals surface area contributed by atoms with Gasteiger partial charge in [-0.25, -0.2) is 0 Å². The van der Waals surface area contributed by atoms with Crippen LogP contribution in [0.3, 0.4) is 0 Å². The van der Waals surface area contributed by atoms with Gasteiger partial charge in [0.15, 0.2) is 0 Å². The van der Waals surface area contributed by atoms with Gasteiger partial charge in [-0.1, -0.05) is 74.2 Å². The Hall–Kier alpha value is -3.70. The molecule has 2 heteroatoms. The van der Waals surface area contributed by atoms with Crippen molar-refractivity contribution in [1.82, 2.24) is 9.97 Å². The molecule has 4 aromatic rings. The molecule has 0 aliphatic rings. The second kappa shape index (κ2) is 8.12. The van der Waals surface area contributed by atoms with Crippen molar-refractivity contribution < 1.29 is 0 Å². The summed E-state index contributed by atoms with van der Waals surface area (Å²) in [5.74, 6) is 6.64. The maximum atomic E-state index is 4.94. The van der Waals surface area contributed by atoms with Crippen LogP contribution in [0.5, 0.6) is 0 Å². The Balaban J connectivity index is 1.75. The summed E-state index contributed by atoms with van der Waals surface area (Å²) in [6.45, 7) is 4.39. The fourth-order valence-electron chi connectivity index (χ4n) is 3.38. The lowest BCUT2D eigenvalue weighted by Crippen LogP contribution is -2.22. The van der Waals surface area contributed by atoms with Crippen molar-refractivity contribution in [3.05, 3.63) is 120 Å². The van der Waals surface area contributed by atoms with Gasteiger partial charge in [-0.2, -0.15) is 0 Å². The molecule has 140 valence electrons. The summed E-state index contributed by atoms with van der Waals surface area (Å²) in [4.78, 5) is 9.38. The highest BCUT2D eigenvalue weighted by Gasteiger charge is 2.27. The lowest BCUT2D eigenvalue weighted by atomic mass is 9.78. The van der Waals surface area contributed by atoms with E-state index in [1.54, 1.807) is 6.20 Å². The molecular weight excluding hydrogens is 352 g/mol. The van der Waals surface area contributed by atoms with E-state index in [0.717, 1.165) is 33.8 Å². The van der Waals surface area contributed by atoms with E-state index in [0.29, 0.717) is 0 Å². The van der Waals surface area contributed by atoms with Crippen LogP contribution < -0.4 is 0 Å². The van der Waals surface area contributed by atoms with Gasteiger partial charge in [0, 0.05) is 22.7 Å². The molecule has 0 saturated carbocycles. The lowest BCUT2D eigenvalue weighted by molar-refractivity contribution is 0.616. The minimum Gasteiger partial charge on any atom is -0.255 e. The fraction of sp³-hybridized carbons (Fsp3) is 0.111. The lowest BCUT2D eigenvalue weighted by Gasteiger charge is -2.26. The SMILES string of the molecule is CC(C)(c1cccc(-c2ccccn2)n1)c1ccccc1C#Cc1ccccc1. The van der Waals surface area contributed by atoms with Gasteiger partial charge in [0.1, 0.15) is 0 Å². The average molecular weight is 374 g/mol. The minimum atomic E-state index is -0.299. The summed E-state index contributed by atoms with van der Waals surface area (Å²) >= 11 is 0. The van der Waals surface area contributed by atoms with Crippen molar-refractivity contribution in [1.29, 1.82) is 0 Å². The van der Waals surface area contributed by atoms with Crippen molar-refractivity contribution in [2.24, 2.45) is 0 Å². The predicted octanol–water partition coefficient (Wildman–Crippen LogP) is 5.87. The molecular formula is C27H22N2. The molecule has 2 aromatic heterocycles. The zero-order valence-electron chi connectivity index (χ0n) is 16.6. The van der Waals surface area contributed by atoms with Gasteiger partial charge in [-0.05, 0) is 48.0 Å². The molecule has 29 heavy (non-hydrogen) atoms. The van der Waals surface area contributed by atoms with Gasteiger partial charge in [-0.15, -0.1) is 0 Å². The van der Waals surface area contributed by atoms with Crippen molar-refractivity contribution in [3.63, 3.8) is 0 Å². The van der Waals surface area contributed by atoms with E-state index in [-0.39, 0.29) is 5.41 Å². The molecule has 0 aliphatic heterocycles. The van der Waals surface area contributed by atoms with E-state index in [9.17, 15) is 0 Å². The summed E-state index contributed by atoms with van der Waals surface area (Å²) in [7, 11) is 0. The first-order valence-corrected chi connectivity index (χ1v) is 9.70. The number of aromatic nitrogens is 2. The van der Waals surface area contributed by atoms with Crippen molar-refractivity contribution in [3.8, 4) is 23.2 Å². The molecule has 2 aromatic carbocycles. The molecule has 0 atom stereocenters. The van der Waals surface area contributed by atoms with Crippen LogP contribution in [0.4, 0.5) is 0 Å². The quantitative estimate of drug-likeness (QED) is 0.419. The van der Waals surface area contributed by atoms with E-state index in [4.69, 9.17) is 4.98 Å². The van der Waals surface area contributed by atoms with Gasteiger partial charge in [0.2, 0.25) is 0 Å². The smallest absolute Gasteiger partial charge is 0.0889 e. The molecule has 0 unspecified atom stereocenters. The summed E-state index contributed by atoms with van der Waals surface area (Å²) in [5, 5.41) is 0. The predicted molar refractivity (Wildman–Crippen MR) is 118 cm³/mol. The molecule has 0 amide bonds. The Morgan fingerprint density at radius 3 is 2.17 bits per heavy atom. The fourth-order valence-corrected chi connectivity index (χ4v) is 3.38. The number of pyridine rings is 2. The Labute approximate surface area is 172 Å². The third-order valence-corrected chi connectivity index (χ3v) is 5.03. The van der Waals surface area contributed by atoms with E-state index in [2.05, 4.69) is 54.9 Å². The van der Waals surface area contributed by atoms with Gasteiger partial charge in [-0.3, -0.25) is 9.97 Å². The Morgan fingerprint density at radius 2 is 1.38 bits per heavy atom. The number of rotatable bonds is 3. The first kappa shape index (κ1) is 18.7. The van der Waals surface area contributed by atoms with Crippen LogP contribution in [0.15, 0.2) is 97.2 Å². The maximum absolute atomic E-state index is 4.94. The van der Waals surface area contributed by atoms with Crippen LogP contribution in [0.1, 0.15) is 36.2 Å². The molecule has 0 N–H and O–H groups in total. The van der Waals surface area contributed by atoms with Crippen LogP contribution in [-0.2, 0) is 5.41 Å². The van der Waals surface area contributed by atoms with Gasteiger partial charge in [0.05, 0.1) is 17.1 Å². The number of nitrogens with zero attached hydrogens (tertiary/aromatic N) is 2. The van der Waals surface area contributed by atoms with Gasteiger partial charge < -0.3 is 0 Å². The van der Waals surface area contributed by atoms with Crippen LogP contribution in [0.25, 0.3) is 11.4 Å². The summed E-state index contributed by atoms with van der Waals surface area (Å²) in [6, 6.07) is 30.4. The van der Waals surface area contributed by atoms with E-state index >= 15 is 0 Å². The van der Waals surface area contributed by atoms with Gasteiger partial charge >= 0.3 is 0 Å². The normalized spacial score (nSPS) is 10.8. The van der Waals surface area contributed by atoms with E-state index in [1.807, 2.05) is 66.7 Å². The van der Waals surface area contributed by atoms with Crippen molar-refractivity contribution in [2.45, 2.75) is 19.3 Å². The van der Waals surface area contributed by atoms with Crippen LogP contribution in [0, 0.1) is 11.8 Å². The molecule has 2 nitrogen and oxygen atoms in total. The Bertz CT molecular complexity index is 1170. The van der Waals surface area contributed by atoms with E-state index < -0.39 is 0 Å². The molecule has 2 heterocycles. The second-order valence-corrected chi connectivity index (χ2v) is 7.41. The number of hydrogen-bond acceptors (Lipinski definition) is 2. The number of hydrogen-bond donors (Lipinski definition) is 0. The first-order chi connectivity index (χ1) is 14.1. The zero-order chi connectivity index (χ0) is 20.1. The second-order valence-electron chi connectivity index (χ2n) is 7.41. The molecule has 0 aliphatic carbocycles. The topological polar surface area (TPSA) is 25.8 Å². The maximum Gasteiger partial charge on any atom is 0.0889 e. The zero-order valence-corrected chi connectivity index (χ0v) is 16.6. The standard InChI is InChI=1S/C27H22N2/c1-27(2,26-17-10-16-25(29-26)24-15-8-9-20-28-24)23-14-7-6-13-22(23)19-18-21-11-4-3-5-12-21/h3-17,20H,1-2H3. The summed E-state index contributed by atoms with van der Waals surface area (Å²) in [6.07, 6.45) is 1.79. The molecule has 0 radical (unpaired) electrons. The summed E-state index contributed by atoms with van der Waals surface area (Å²) in [5.41, 5.74) is 5.64. The Morgan fingerprint density at radius 1 is 0.655 bits per heavy atom. The van der Waals surface area contributed by atoms with Crippen LogP contribution >= 0.6 is 0 Å². The third-order valence-electron chi connectivity index (χ3n) is 5.03. The minimum absolute atomic E-state index is 0.299. The Kier molecular flexibility index (Phi) is 5.22. The molecule has 0 bridgehead atoms. The molecule has 0 fully saturated rings.